The molecule has 9 heteroatoms. The first-order valence-electron chi connectivity index (χ1n) is 9.97. The fourth-order valence-electron chi connectivity index (χ4n) is 3.95. The maximum absolute atomic E-state index is 14.9. The molecule has 6 nitrogen and oxygen atoms in total. The number of carbonyl (C=O) groups excluding carboxylic acids is 1. The predicted molar refractivity (Wildman–Crippen MR) is 112 cm³/mol. The highest BCUT2D eigenvalue weighted by Gasteiger charge is 2.41. The first-order valence-corrected chi connectivity index (χ1v) is 11.5. The van der Waals surface area contributed by atoms with E-state index in [9.17, 15) is 27.1 Å². The summed E-state index contributed by atoms with van der Waals surface area (Å²) >= 11 is 0. The Kier molecular flexibility index (Phi) is 6.50. The average molecular weight is 453 g/mol. The second-order valence-electron chi connectivity index (χ2n) is 8.19. The van der Waals surface area contributed by atoms with Crippen LogP contribution in [0.25, 0.3) is 0 Å². The summed E-state index contributed by atoms with van der Waals surface area (Å²) in [5, 5.41) is 8.76. The van der Waals surface area contributed by atoms with E-state index in [1.165, 1.54) is 11.2 Å². The number of rotatable bonds is 6. The van der Waals surface area contributed by atoms with E-state index in [1.807, 2.05) is 0 Å². The summed E-state index contributed by atoms with van der Waals surface area (Å²) in [6, 6.07) is 10.1. The summed E-state index contributed by atoms with van der Waals surface area (Å²) in [6.45, 7) is 1.81. The normalized spacial score (nSPS) is 23.3. The SMILES string of the molecule is C[C@H]1CC[C@H](c2ccccc2)S(=O)(=O)N1Cc1cc(F)c([C@](C)(CO)C(N)=O)cc1F. The molecule has 3 N–H and O–H groups in total. The van der Waals surface area contributed by atoms with Gasteiger partial charge in [0.25, 0.3) is 0 Å². The van der Waals surface area contributed by atoms with Crippen LogP contribution in [0.2, 0.25) is 0 Å². The zero-order chi connectivity index (χ0) is 23.0. The van der Waals surface area contributed by atoms with Crippen molar-refractivity contribution in [2.75, 3.05) is 6.61 Å². The van der Waals surface area contributed by atoms with Crippen LogP contribution in [0.1, 0.15) is 48.6 Å². The maximum Gasteiger partial charge on any atom is 0.230 e. The number of halogens is 2. The van der Waals surface area contributed by atoms with Gasteiger partial charge in [0.05, 0.1) is 12.0 Å². The molecule has 2 aromatic carbocycles. The first kappa shape index (κ1) is 23.3. The fourth-order valence-corrected chi connectivity index (χ4v) is 6.14. The van der Waals surface area contributed by atoms with Crippen LogP contribution < -0.4 is 5.73 Å². The Hall–Kier alpha value is -2.36. The van der Waals surface area contributed by atoms with Gasteiger partial charge < -0.3 is 10.8 Å². The van der Waals surface area contributed by atoms with Crippen molar-refractivity contribution in [2.24, 2.45) is 5.73 Å². The monoisotopic (exact) mass is 452 g/mol. The Labute approximate surface area is 180 Å². The summed E-state index contributed by atoms with van der Waals surface area (Å²) < 4.78 is 57.5. The molecule has 31 heavy (non-hydrogen) atoms. The molecule has 0 unspecified atom stereocenters. The molecular weight excluding hydrogens is 426 g/mol. The van der Waals surface area contributed by atoms with E-state index in [1.54, 1.807) is 37.3 Å². The van der Waals surface area contributed by atoms with Crippen LogP contribution in [0.15, 0.2) is 42.5 Å². The van der Waals surface area contributed by atoms with Crippen molar-refractivity contribution in [3.8, 4) is 0 Å². The number of primary amides is 1. The van der Waals surface area contributed by atoms with Crippen LogP contribution in [-0.4, -0.2) is 36.4 Å². The molecule has 2 aromatic rings. The molecule has 1 aliphatic rings. The van der Waals surface area contributed by atoms with Crippen LogP contribution in [0.4, 0.5) is 8.78 Å². The third-order valence-corrected chi connectivity index (χ3v) is 8.48. The van der Waals surface area contributed by atoms with Gasteiger partial charge in [0, 0.05) is 23.7 Å². The zero-order valence-electron chi connectivity index (χ0n) is 17.4. The lowest BCUT2D eigenvalue weighted by Crippen LogP contribution is -2.45. The molecule has 0 aliphatic carbocycles. The average Bonchev–Trinajstić information content (AvgIpc) is 2.72. The van der Waals surface area contributed by atoms with Crippen molar-refractivity contribution in [3.05, 3.63) is 70.8 Å². The number of aliphatic hydroxyl groups excluding tert-OH is 1. The van der Waals surface area contributed by atoms with Crippen LogP contribution in [0, 0.1) is 11.6 Å². The number of aliphatic hydroxyl groups is 1. The fraction of sp³-hybridized carbons (Fsp3) is 0.409. The van der Waals surface area contributed by atoms with Crippen LogP contribution in [-0.2, 0) is 26.8 Å². The molecule has 1 heterocycles. The molecule has 0 spiro atoms. The van der Waals surface area contributed by atoms with Crippen molar-refractivity contribution < 1.29 is 27.1 Å². The van der Waals surface area contributed by atoms with E-state index in [0.29, 0.717) is 18.4 Å². The van der Waals surface area contributed by atoms with E-state index in [2.05, 4.69) is 0 Å². The molecular formula is C22H26F2N2O4S. The van der Waals surface area contributed by atoms with Gasteiger partial charge in [-0.05, 0) is 44.4 Å². The second kappa shape index (κ2) is 8.64. The second-order valence-corrected chi connectivity index (χ2v) is 10.3. The van der Waals surface area contributed by atoms with Crippen molar-refractivity contribution in [2.45, 2.75) is 49.9 Å². The van der Waals surface area contributed by atoms with Crippen LogP contribution in [0.3, 0.4) is 0 Å². The molecule has 0 saturated carbocycles. The lowest BCUT2D eigenvalue weighted by Gasteiger charge is -2.37. The molecule has 168 valence electrons. The van der Waals surface area contributed by atoms with E-state index < -0.39 is 44.8 Å². The Morgan fingerprint density at radius 2 is 1.84 bits per heavy atom. The number of sulfonamides is 1. The molecule has 1 saturated heterocycles. The Morgan fingerprint density at radius 1 is 1.19 bits per heavy atom. The molecule has 3 atom stereocenters. The number of amides is 1. The molecule has 0 bridgehead atoms. The van der Waals surface area contributed by atoms with Gasteiger partial charge in [-0.1, -0.05) is 30.3 Å². The Morgan fingerprint density at radius 3 is 2.42 bits per heavy atom. The quantitative estimate of drug-likeness (QED) is 0.704. The summed E-state index contributed by atoms with van der Waals surface area (Å²) in [6.07, 6.45) is 1.01. The van der Waals surface area contributed by atoms with Gasteiger partial charge in [-0.2, -0.15) is 4.31 Å². The number of hydrogen-bond donors (Lipinski definition) is 2. The standard InChI is InChI=1S/C22H26F2N2O4S/c1-14-8-9-20(15-6-4-3-5-7-15)31(29,30)26(14)12-16-10-19(24)17(11-18(16)23)22(2,13-27)21(25)28/h3-7,10-11,14,20,27H,8-9,12-13H2,1-2H3,(H2,25,28)/t14-,20+,22-/m0/s1. The lowest BCUT2D eigenvalue weighted by atomic mass is 9.81. The number of benzene rings is 2. The van der Waals surface area contributed by atoms with Crippen molar-refractivity contribution >= 4 is 15.9 Å². The van der Waals surface area contributed by atoms with Gasteiger partial charge in [0.1, 0.15) is 16.9 Å². The minimum Gasteiger partial charge on any atom is -0.395 e. The molecule has 3 rings (SSSR count). The highest BCUT2D eigenvalue weighted by atomic mass is 32.2. The smallest absolute Gasteiger partial charge is 0.230 e. The third kappa shape index (κ3) is 4.22. The van der Waals surface area contributed by atoms with Gasteiger partial charge in [0.15, 0.2) is 0 Å². The Balaban J connectivity index is 1.97. The molecule has 0 aromatic heterocycles. The van der Waals surface area contributed by atoms with Crippen molar-refractivity contribution in [3.63, 3.8) is 0 Å². The molecule has 1 fully saturated rings. The van der Waals surface area contributed by atoms with Crippen molar-refractivity contribution in [1.82, 2.24) is 4.31 Å². The van der Waals surface area contributed by atoms with E-state index in [4.69, 9.17) is 5.73 Å². The van der Waals surface area contributed by atoms with Crippen LogP contribution >= 0.6 is 0 Å². The van der Waals surface area contributed by atoms with Gasteiger partial charge in [-0.25, -0.2) is 17.2 Å². The lowest BCUT2D eigenvalue weighted by molar-refractivity contribution is -0.124. The van der Waals surface area contributed by atoms with Gasteiger partial charge >= 0.3 is 0 Å². The minimum absolute atomic E-state index is 0.157. The topological polar surface area (TPSA) is 101 Å². The van der Waals surface area contributed by atoms with E-state index >= 15 is 0 Å². The number of nitrogens with two attached hydrogens (primary N) is 1. The molecule has 0 radical (unpaired) electrons. The van der Waals surface area contributed by atoms with Crippen LogP contribution in [0.5, 0.6) is 0 Å². The largest absolute Gasteiger partial charge is 0.395 e. The molecule has 1 amide bonds. The minimum atomic E-state index is -3.82. The Bertz CT molecular complexity index is 1080. The highest BCUT2D eigenvalue weighted by molar-refractivity contribution is 7.89. The van der Waals surface area contributed by atoms with Gasteiger partial charge in [-0.15, -0.1) is 0 Å². The number of hydrogen-bond acceptors (Lipinski definition) is 4. The van der Waals surface area contributed by atoms with Crippen molar-refractivity contribution in [1.29, 1.82) is 0 Å². The number of nitrogens with zero attached hydrogens (tertiary/aromatic N) is 1. The van der Waals surface area contributed by atoms with E-state index in [-0.39, 0.29) is 23.7 Å². The number of carbonyl (C=O) groups is 1. The van der Waals surface area contributed by atoms with Gasteiger partial charge in [0.2, 0.25) is 15.9 Å². The maximum atomic E-state index is 14.9. The zero-order valence-corrected chi connectivity index (χ0v) is 18.2. The van der Waals surface area contributed by atoms with E-state index in [0.717, 1.165) is 12.1 Å². The highest BCUT2D eigenvalue weighted by Crippen LogP contribution is 2.38. The third-order valence-electron chi connectivity index (χ3n) is 6.11. The summed E-state index contributed by atoms with van der Waals surface area (Å²) in [5.41, 5.74) is 3.59. The summed E-state index contributed by atoms with van der Waals surface area (Å²) in [7, 11) is -3.82. The first-order chi connectivity index (χ1) is 14.5. The molecule has 1 aliphatic heterocycles. The summed E-state index contributed by atoms with van der Waals surface area (Å²) in [5.74, 6) is -2.81. The predicted octanol–water partition coefficient (Wildman–Crippen LogP) is 2.76. The summed E-state index contributed by atoms with van der Waals surface area (Å²) in [4.78, 5) is 11.7. The van der Waals surface area contributed by atoms with Gasteiger partial charge in [-0.3, -0.25) is 4.79 Å².